The summed E-state index contributed by atoms with van der Waals surface area (Å²) in [7, 11) is 0. The van der Waals surface area contributed by atoms with E-state index in [-0.39, 0.29) is 34.5 Å². The largest absolute Gasteiger partial charge is 0.378 e. The monoisotopic (exact) mass is 343 g/mol. The highest BCUT2D eigenvalue weighted by molar-refractivity contribution is 5.97. The molecule has 0 radical (unpaired) electrons. The van der Waals surface area contributed by atoms with Crippen LogP contribution >= 0.6 is 0 Å². The fraction of sp³-hybridized carbons (Fsp3) is 0.526. The number of nitrogens with one attached hydrogen (secondary N) is 2. The van der Waals surface area contributed by atoms with Crippen molar-refractivity contribution in [3.8, 4) is 0 Å². The molecule has 0 aliphatic heterocycles. The summed E-state index contributed by atoms with van der Waals surface area (Å²) in [6, 6.07) is 1.74. The highest BCUT2D eigenvalue weighted by Crippen LogP contribution is 2.48. The molecule has 0 unspecified atom stereocenters. The summed E-state index contributed by atoms with van der Waals surface area (Å²) in [5.74, 6) is -0.335. The minimum absolute atomic E-state index is 0.0237. The van der Waals surface area contributed by atoms with Gasteiger partial charge in [0, 0.05) is 36.7 Å². The number of fused-ring (bicyclic) bond motifs is 1. The number of pyridine rings is 2. The molecule has 0 bridgehead atoms. The number of aromatic amines is 1. The van der Waals surface area contributed by atoms with Gasteiger partial charge < -0.3 is 15.0 Å². The number of rotatable bonds is 6. The van der Waals surface area contributed by atoms with Crippen molar-refractivity contribution in [2.75, 3.05) is 6.61 Å². The number of aromatic nitrogens is 2. The lowest BCUT2D eigenvalue weighted by Gasteiger charge is -2.55. The van der Waals surface area contributed by atoms with Crippen LogP contribution in [0.4, 0.5) is 0 Å². The number of carbonyl (C=O) groups is 1. The highest BCUT2D eigenvalue weighted by atomic mass is 16.5. The molecule has 6 nitrogen and oxygen atoms in total. The molecule has 3 rings (SSSR count). The van der Waals surface area contributed by atoms with Crippen LogP contribution < -0.4 is 10.7 Å². The van der Waals surface area contributed by atoms with Gasteiger partial charge in [-0.25, -0.2) is 0 Å². The molecule has 1 aliphatic carbocycles. The Bertz CT molecular complexity index is 826. The van der Waals surface area contributed by atoms with E-state index in [4.69, 9.17) is 4.74 Å². The third kappa shape index (κ3) is 2.84. The average molecular weight is 343 g/mol. The summed E-state index contributed by atoms with van der Waals surface area (Å²) in [4.78, 5) is 32.3. The molecule has 2 N–H and O–H groups in total. The molecule has 1 aliphatic rings. The Labute approximate surface area is 147 Å². The zero-order chi connectivity index (χ0) is 18.0. The SMILES string of the molecule is CCO[C@H]1C[C@@H](NC(=O)c2c[nH]c3ccncc3c2=O)C1(CC)CC. The Morgan fingerprint density at radius 3 is 2.84 bits per heavy atom. The summed E-state index contributed by atoms with van der Waals surface area (Å²) in [6.07, 6.45) is 7.39. The molecule has 1 amide bonds. The fourth-order valence-electron chi connectivity index (χ4n) is 4.05. The smallest absolute Gasteiger partial charge is 0.257 e. The first-order valence-corrected chi connectivity index (χ1v) is 8.95. The van der Waals surface area contributed by atoms with E-state index in [2.05, 4.69) is 29.1 Å². The Hall–Kier alpha value is -2.21. The van der Waals surface area contributed by atoms with Crippen LogP contribution in [0, 0.1) is 5.41 Å². The maximum atomic E-state index is 12.7. The quantitative estimate of drug-likeness (QED) is 0.844. The lowest BCUT2D eigenvalue weighted by atomic mass is 9.58. The van der Waals surface area contributed by atoms with Crippen molar-refractivity contribution < 1.29 is 9.53 Å². The molecule has 25 heavy (non-hydrogen) atoms. The standard InChI is InChI=1S/C19H25N3O3/c1-4-19(5-2)15(9-16(19)25-6-3)22-18(24)13-11-21-14-7-8-20-10-12(14)17(13)23/h7-8,10-11,15-16H,4-6,9H2,1-3H3,(H,21,23)(H,22,24)/t15-,16+/m1/s1. The third-order valence-electron chi connectivity index (χ3n) is 5.70. The van der Waals surface area contributed by atoms with E-state index in [0.29, 0.717) is 17.5 Å². The number of hydrogen-bond donors (Lipinski definition) is 2. The Kier molecular flexibility index (Phi) is 4.90. The molecule has 0 spiro atoms. The van der Waals surface area contributed by atoms with E-state index in [1.807, 2.05) is 6.92 Å². The summed E-state index contributed by atoms with van der Waals surface area (Å²) >= 11 is 0. The van der Waals surface area contributed by atoms with Crippen LogP contribution in [-0.2, 0) is 4.74 Å². The fourth-order valence-corrected chi connectivity index (χ4v) is 4.05. The Balaban J connectivity index is 1.83. The zero-order valence-electron chi connectivity index (χ0n) is 15.0. The van der Waals surface area contributed by atoms with Crippen molar-refractivity contribution in [3.63, 3.8) is 0 Å². The molecule has 0 saturated heterocycles. The summed E-state index contributed by atoms with van der Waals surface area (Å²) in [6.45, 7) is 6.92. The molecule has 6 heteroatoms. The molecule has 2 heterocycles. The van der Waals surface area contributed by atoms with Crippen molar-refractivity contribution in [3.05, 3.63) is 40.4 Å². The number of amides is 1. The minimum Gasteiger partial charge on any atom is -0.378 e. The second-order valence-electron chi connectivity index (χ2n) is 6.60. The maximum Gasteiger partial charge on any atom is 0.257 e. The number of H-pyrrole nitrogens is 1. The van der Waals surface area contributed by atoms with E-state index < -0.39 is 0 Å². The van der Waals surface area contributed by atoms with Crippen LogP contribution in [0.2, 0.25) is 0 Å². The van der Waals surface area contributed by atoms with E-state index in [1.165, 1.54) is 12.4 Å². The van der Waals surface area contributed by atoms with Gasteiger partial charge in [-0.2, -0.15) is 0 Å². The molecule has 134 valence electrons. The summed E-state index contributed by atoms with van der Waals surface area (Å²) < 4.78 is 5.85. The first-order chi connectivity index (χ1) is 12.1. The predicted molar refractivity (Wildman–Crippen MR) is 96.7 cm³/mol. The predicted octanol–water partition coefficient (Wildman–Crippen LogP) is 2.64. The van der Waals surface area contributed by atoms with E-state index in [9.17, 15) is 9.59 Å². The van der Waals surface area contributed by atoms with Gasteiger partial charge in [0.05, 0.1) is 17.0 Å². The number of carbonyl (C=O) groups excluding carboxylic acids is 1. The molecule has 1 fully saturated rings. The van der Waals surface area contributed by atoms with E-state index >= 15 is 0 Å². The van der Waals surface area contributed by atoms with Crippen molar-refractivity contribution in [1.29, 1.82) is 0 Å². The lowest BCUT2D eigenvalue weighted by Crippen LogP contribution is -2.64. The maximum absolute atomic E-state index is 12.7. The van der Waals surface area contributed by atoms with E-state index in [1.54, 1.807) is 12.3 Å². The van der Waals surface area contributed by atoms with Gasteiger partial charge in [0.25, 0.3) is 5.91 Å². The van der Waals surface area contributed by atoms with Crippen LogP contribution in [0.25, 0.3) is 10.9 Å². The molecule has 2 aromatic rings. The van der Waals surface area contributed by atoms with Crippen molar-refractivity contribution >= 4 is 16.8 Å². The molecule has 1 saturated carbocycles. The third-order valence-corrected chi connectivity index (χ3v) is 5.70. The lowest BCUT2D eigenvalue weighted by molar-refractivity contribution is -0.134. The first kappa shape index (κ1) is 17.6. The summed E-state index contributed by atoms with van der Waals surface area (Å²) in [5, 5.41) is 3.48. The molecular weight excluding hydrogens is 318 g/mol. The number of ether oxygens (including phenoxy) is 1. The molecular formula is C19H25N3O3. The van der Waals surface area contributed by atoms with Crippen LogP contribution in [-0.4, -0.2) is 34.6 Å². The topological polar surface area (TPSA) is 84.1 Å². The normalized spacial score (nSPS) is 21.7. The minimum atomic E-state index is -0.335. The number of nitrogens with zero attached hydrogens (tertiary/aromatic N) is 1. The van der Waals surface area contributed by atoms with Gasteiger partial charge >= 0.3 is 0 Å². The van der Waals surface area contributed by atoms with Crippen LogP contribution in [0.5, 0.6) is 0 Å². The number of hydrogen-bond acceptors (Lipinski definition) is 4. The van der Waals surface area contributed by atoms with Crippen LogP contribution in [0.15, 0.2) is 29.5 Å². The second kappa shape index (κ2) is 6.96. The van der Waals surface area contributed by atoms with Crippen LogP contribution in [0.3, 0.4) is 0 Å². The average Bonchev–Trinajstić information content (AvgIpc) is 2.62. The van der Waals surface area contributed by atoms with Gasteiger partial charge in [-0.3, -0.25) is 14.6 Å². The van der Waals surface area contributed by atoms with Crippen LogP contribution in [0.1, 0.15) is 50.4 Å². The van der Waals surface area contributed by atoms with Gasteiger partial charge in [-0.1, -0.05) is 13.8 Å². The van der Waals surface area contributed by atoms with Gasteiger partial charge in [0.2, 0.25) is 5.43 Å². The second-order valence-corrected chi connectivity index (χ2v) is 6.60. The highest BCUT2D eigenvalue weighted by Gasteiger charge is 2.53. The zero-order valence-corrected chi connectivity index (χ0v) is 15.0. The molecule has 2 aromatic heterocycles. The van der Waals surface area contributed by atoms with Gasteiger partial charge in [0.1, 0.15) is 5.56 Å². The molecule has 0 aromatic carbocycles. The van der Waals surface area contributed by atoms with Gasteiger partial charge in [0.15, 0.2) is 0 Å². The first-order valence-electron chi connectivity index (χ1n) is 8.95. The molecule has 2 atom stereocenters. The van der Waals surface area contributed by atoms with Crippen molar-refractivity contribution in [1.82, 2.24) is 15.3 Å². The van der Waals surface area contributed by atoms with Crippen molar-refractivity contribution in [2.24, 2.45) is 5.41 Å². The van der Waals surface area contributed by atoms with Gasteiger partial charge in [-0.05, 0) is 32.3 Å². The van der Waals surface area contributed by atoms with Gasteiger partial charge in [-0.15, -0.1) is 0 Å². The van der Waals surface area contributed by atoms with Crippen molar-refractivity contribution in [2.45, 2.75) is 52.2 Å². The Morgan fingerprint density at radius 2 is 2.16 bits per heavy atom. The Morgan fingerprint density at radius 1 is 1.40 bits per heavy atom. The van der Waals surface area contributed by atoms with E-state index in [0.717, 1.165) is 19.3 Å². The summed E-state index contributed by atoms with van der Waals surface area (Å²) in [5.41, 5.74) is 0.449.